The van der Waals surface area contributed by atoms with Crippen LogP contribution in [0, 0.1) is 0 Å². The maximum atomic E-state index is 10.5. The van der Waals surface area contributed by atoms with Crippen LogP contribution in [-0.4, -0.2) is 97.1 Å². The van der Waals surface area contributed by atoms with Crippen molar-refractivity contribution in [3.63, 3.8) is 0 Å². The van der Waals surface area contributed by atoms with Crippen molar-refractivity contribution in [2.75, 3.05) is 0 Å². The molecule has 1 aromatic rings. The van der Waals surface area contributed by atoms with Crippen LogP contribution in [0.25, 0.3) is 0 Å². The second-order valence-electron chi connectivity index (χ2n) is 2.06. The van der Waals surface area contributed by atoms with Crippen LogP contribution in [0.15, 0.2) is 12.1 Å². The van der Waals surface area contributed by atoms with Crippen molar-refractivity contribution in [1.29, 1.82) is 0 Å². The van der Waals surface area contributed by atoms with E-state index in [4.69, 9.17) is 33.4 Å². The Balaban J connectivity index is 0. The van der Waals surface area contributed by atoms with Crippen molar-refractivity contribution < 1.29 is 15.0 Å². The summed E-state index contributed by atoms with van der Waals surface area (Å²) in [5, 5.41) is 17.7. The van der Waals surface area contributed by atoms with Crippen LogP contribution in [0.1, 0.15) is 10.4 Å². The van der Waals surface area contributed by atoms with Crippen LogP contribution in [0.5, 0.6) is 5.75 Å². The zero-order valence-electron chi connectivity index (χ0n) is 7.71. The summed E-state index contributed by atoms with van der Waals surface area (Å²) in [6.07, 6.45) is 0. The van der Waals surface area contributed by atoms with E-state index in [-0.39, 0.29) is 96.6 Å². The first kappa shape index (κ1) is 18.1. The molecule has 0 aliphatic heterocycles. The molecule has 66 valence electrons. The van der Waals surface area contributed by atoms with Gasteiger partial charge in [0.25, 0.3) is 0 Å². The van der Waals surface area contributed by atoms with Gasteiger partial charge in [0.1, 0.15) is 11.3 Å². The number of carbonyl (C=O) groups is 1. The summed E-state index contributed by atoms with van der Waals surface area (Å²) in [7, 11) is 0. The molecule has 0 saturated heterocycles. The van der Waals surface area contributed by atoms with Crippen LogP contribution in [0.4, 0.5) is 0 Å². The van der Waals surface area contributed by atoms with Gasteiger partial charge >= 0.3 is 5.97 Å². The largest absolute Gasteiger partial charge is 0.505 e. The van der Waals surface area contributed by atoms with Gasteiger partial charge < -0.3 is 10.2 Å². The van der Waals surface area contributed by atoms with Crippen molar-refractivity contribution in [2.24, 2.45) is 0 Å². The van der Waals surface area contributed by atoms with Gasteiger partial charge in [-0.1, -0.05) is 23.2 Å². The summed E-state index contributed by atoms with van der Waals surface area (Å²) in [5.74, 6) is -1.81. The standard InChI is InChI=1S/C7H4Cl2O3.K.Na/c8-3-1-2-4(9)6(10)5(3)7(11)12;;/h1-2,10H,(H,11,12);;. The second-order valence-corrected chi connectivity index (χ2v) is 2.87. The predicted octanol–water partition coefficient (Wildman–Crippen LogP) is 1.64. The predicted molar refractivity (Wildman–Crippen MR) is 56.6 cm³/mol. The van der Waals surface area contributed by atoms with Gasteiger partial charge in [0.2, 0.25) is 0 Å². The van der Waals surface area contributed by atoms with Gasteiger partial charge in [0, 0.05) is 80.9 Å². The monoisotopic (exact) mass is 268 g/mol. The molecule has 0 bridgehead atoms. The first-order valence-electron chi connectivity index (χ1n) is 2.94. The number of aromatic hydroxyl groups is 1. The van der Waals surface area contributed by atoms with Gasteiger partial charge in [-0.05, 0) is 12.1 Å². The molecule has 0 amide bonds. The summed E-state index contributed by atoms with van der Waals surface area (Å²) in [6, 6.07) is 2.64. The zero-order chi connectivity index (χ0) is 9.30. The Labute approximate surface area is 155 Å². The Hall–Kier alpha value is 1.71. The van der Waals surface area contributed by atoms with Crippen LogP contribution < -0.4 is 0 Å². The number of carboxylic acid groups (broad SMARTS) is 1. The molecule has 0 aromatic heterocycles. The number of aromatic carboxylic acids is 1. The number of benzene rings is 1. The molecule has 2 radical (unpaired) electrons. The summed E-state index contributed by atoms with van der Waals surface area (Å²) < 4.78 is 0. The van der Waals surface area contributed by atoms with E-state index >= 15 is 0 Å². The molecule has 0 saturated carbocycles. The van der Waals surface area contributed by atoms with Crippen LogP contribution in [0.2, 0.25) is 10.0 Å². The molecular weight excluding hydrogens is 265 g/mol. The average molecular weight is 269 g/mol. The summed E-state index contributed by atoms with van der Waals surface area (Å²) in [6.45, 7) is 0. The Bertz CT molecular complexity index is 346. The molecule has 0 fully saturated rings. The summed E-state index contributed by atoms with van der Waals surface area (Å²) in [5.41, 5.74) is -0.371. The minimum Gasteiger partial charge on any atom is -0.505 e. The van der Waals surface area contributed by atoms with Gasteiger partial charge in [0.15, 0.2) is 0 Å². The van der Waals surface area contributed by atoms with Crippen LogP contribution >= 0.6 is 23.2 Å². The van der Waals surface area contributed by atoms with Crippen molar-refractivity contribution in [2.45, 2.75) is 0 Å². The maximum Gasteiger partial charge on any atom is 0.341 e. The number of rotatable bonds is 1. The molecule has 0 heterocycles. The third-order valence-electron chi connectivity index (χ3n) is 1.29. The number of carboxylic acids is 1. The number of hydrogen-bond acceptors (Lipinski definition) is 2. The fourth-order valence-electron chi connectivity index (χ4n) is 0.745. The molecule has 0 atom stereocenters. The third kappa shape index (κ3) is 4.29. The van der Waals surface area contributed by atoms with E-state index < -0.39 is 11.7 Å². The second kappa shape index (κ2) is 7.90. The van der Waals surface area contributed by atoms with E-state index in [1.807, 2.05) is 0 Å². The fraction of sp³-hybridized carbons (Fsp3) is 0. The maximum absolute atomic E-state index is 10.5. The molecule has 0 unspecified atom stereocenters. The van der Waals surface area contributed by atoms with E-state index in [1.54, 1.807) is 0 Å². The van der Waals surface area contributed by atoms with E-state index in [1.165, 1.54) is 12.1 Å². The van der Waals surface area contributed by atoms with Crippen LogP contribution in [-0.2, 0) is 0 Å². The van der Waals surface area contributed by atoms with Crippen LogP contribution in [0.3, 0.4) is 0 Å². The van der Waals surface area contributed by atoms with Crippen molar-refractivity contribution >= 4 is 110 Å². The number of halogens is 2. The molecule has 0 spiro atoms. The van der Waals surface area contributed by atoms with Gasteiger partial charge in [-0.15, -0.1) is 0 Å². The third-order valence-corrected chi connectivity index (χ3v) is 1.91. The van der Waals surface area contributed by atoms with E-state index in [0.29, 0.717) is 0 Å². The first-order chi connectivity index (χ1) is 5.54. The molecule has 0 aliphatic carbocycles. The fourth-order valence-corrected chi connectivity index (χ4v) is 1.14. The van der Waals surface area contributed by atoms with E-state index in [2.05, 4.69) is 0 Å². The molecule has 2 N–H and O–H groups in total. The quantitative estimate of drug-likeness (QED) is 0.762. The molecule has 7 heteroatoms. The summed E-state index contributed by atoms with van der Waals surface area (Å²) >= 11 is 11.0. The van der Waals surface area contributed by atoms with E-state index in [0.717, 1.165) is 0 Å². The van der Waals surface area contributed by atoms with Crippen molar-refractivity contribution in [1.82, 2.24) is 0 Å². The summed E-state index contributed by atoms with van der Waals surface area (Å²) in [4.78, 5) is 10.5. The zero-order valence-corrected chi connectivity index (χ0v) is 14.3. The topological polar surface area (TPSA) is 57.5 Å². The van der Waals surface area contributed by atoms with Gasteiger partial charge in [-0.25, -0.2) is 4.79 Å². The van der Waals surface area contributed by atoms with Crippen molar-refractivity contribution in [3.8, 4) is 5.75 Å². The number of hydrogen-bond donors (Lipinski definition) is 2. The average Bonchev–Trinajstić information content (AvgIpc) is 1.97. The first-order valence-corrected chi connectivity index (χ1v) is 3.70. The molecule has 14 heavy (non-hydrogen) atoms. The Morgan fingerprint density at radius 3 is 2.00 bits per heavy atom. The Morgan fingerprint density at radius 1 is 1.21 bits per heavy atom. The molecule has 0 aliphatic rings. The Kier molecular flexibility index (Phi) is 10.2. The van der Waals surface area contributed by atoms with Gasteiger partial charge in [-0.3, -0.25) is 0 Å². The molecule has 3 nitrogen and oxygen atoms in total. The molecule has 1 rings (SSSR count). The normalized spacial score (nSPS) is 8.43. The Morgan fingerprint density at radius 2 is 1.64 bits per heavy atom. The SMILES string of the molecule is O=C(O)c1c(Cl)ccc(Cl)c1O.[K].[Na]. The smallest absolute Gasteiger partial charge is 0.341 e. The molecule has 1 aromatic carbocycles. The minimum absolute atomic E-state index is 0. The van der Waals surface area contributed by atoms with E-state index in [9.17, 15) is 4.79 Å². The van der Waals surface area contributed by atoms with Gasteiger partial charge in [0.05, 0.1) is 10.0 Å². The number of phenols is 1. The van der Waals surface area contributed by atoms with Crippen molar-refractivity contribution in [3.05, 3.63) is 27.7 Å². The minimum atomic E-state index is -1.31. The molecular formula is C7H4Cl2KNaO3. The van der Waals surface area contributed by atoms with Gasteiger partial charge in [-0.2, -0.15) is 0 Å².